The molecule has 0 aliphatic rings. The van der Waals surface area contributed by atoms with Gasteiger partial charge in [-0.3, -0.25) is 0 Å². The first-order valence-corrected chi connectivity index (χ1v) is 6.86. The number of carbonyl (C=O) groups is 1. The van der Waals surface area contributed by atoms with Crippen molar-refractivity contribution in [1.29, 1.82) is 5.26 Å². The van der Waals surface area contributed by atoms with E-state index >= 15 is 0 Å². The lowest BCUT2D eigenvalue weighted by Gasteiger charge is -2.36. The van der Waals surface area contributed by atoms with E-state index in [0.717, 1.165) is 12.0 Å². The van der Waals surface area contributed by atoms with Crippen molar-refractivity contribution in [3.05, 3.63) is 35.9 Å². The number of hydrogen-bond acceptors (Lipinski definition) is 3. The SMILES string of the molecule is CCC(C)(C)N(CCC#N)C(=O)OCc1ccccc1. The number of nitrogens with zero attached hydrogens (tertiary/aromatic N) is 2. The highest BCUT2D eigenvalue weighted by molar-refractivity contribution is 5.68. The van der Waals surface area contributed by atoms with Gasteiger partial charge in [0.25, 0.3) is 0 Å². The molecule has 0 fully saturated rings. The Morgan fingerprint density at radius 2 is 2.00 bits per heavy atom. The second-order valence-electron chi connectivity index (χ2n) is 5.27. The monoisotopic (exact) mass is 274 g/mol. The van der Waals surface area contributed by atoms with Crippen LogP contribution >= 0.6 is 0 Å². The summed E-state index contributed by atoms with van der Waals surface area (Å²) in [6, 6.07) is 11.6. The van der Waals surface area contributed by atoms with Gasteiger partial charge in [0.05, 0.1) is 12.5 Å². The fourth-order valence-electron chi connectivity index (χ4n) is 1.79. The van der Waals surface area contributed by atoms with Crippen molar-refractivity contribution in [3.63, 3.8) is 0 Å². The molecular formula is C16H22N2O2. The molecule has 0 aliphatic carbocycles. The molecule has 1 aromatic rings. The Labute approximate surface area is 121 Å². The summed E-state index contributed by atoms with van der Waals surface area (Å²) >= 11 is 0. The lowest BCUT2D eigenvalue weighted by atomic mass is 9.99. The van der Waals surface area contributed by atoms with Crippen LogP contribution in [0.1, 0.15) is 39.2 Å². The van der Waals surface area contributed by atoms with Crippen molar-refractivity contribution in [2.75, 3.05) is 6.54 Å². The van der Waals surface area contributed by atoms with E-state index in [0.29, 0.717) is 13.0 Å². The van der Waals surface area contributed by atoms with Gasteiger partial charge in [-0.2, -0.15) is 5.26 Å². The van der Waals surface area contributed by atoms with Crippen LogP contribution in [0.4, 0.5) is 4.79 Å². The summed E-state index contributed by atoms with van der Waals surface area (Å²) in [5, 5.41) is 8.71. The van der Waals surface area contributed by atoms with Gasteiger partial charge >= 0.3 is 6.09 Å². The number of benzene rings is 1. The predicted octanol–water partition coefficient (Wildman–Crippen LogP) is 3.73. The van der Waals surface area contributed by atoms with E-state index in [1.165, 1.54) is 0 Å². The second-order valence-corrected chi connectivity index (χ2v) is 5.27. The average molecular weight is 274 g/mol. The molecule has 1 amide bonds. The Morgan fingerprint density at radius 1 is 1.35 bits per heavy atom. The molecule has 0 aromatic heterocycles. The standard InChI is InChI=1S/C16H22N2O2/c1-4-16(2,3)18(12-8-11-17)15(19)20-13-14-9-6-5-7-10-14/h5-7,9-10H,4,8,12-13H2,1-3H3. The quantitative estimate of drug-likeness (QED) is 0.794. The highest BCUT2D eigenvalue weighted by Crippen LogP contribution is 2.20. The van der Waals surface area contributed by atoms with E-state index in [2.05, 4.69) is 6.07 Å². The maximum Gasteiger partial charge on any atom is 0.410 e. The molecule has 0 N–H and O–H groups in total. The van der Waals surface area contributed by atoms with Gasteiger partial charge in [0, 0.05) is 12.1 Å². The fraction of sp³-hybridized carbons (Fsp3) is 0.500. The first kappa shape index (κ1) is 16.0. The van der Waals surface area contributed by atoms with E-state index in [1.54, 1.807) is 4.90 Å². The highest BCUT2D eigenvalue weighted by atomic mass is 16.6. The van der Waals surface area contributed by atoms with Crippen LogP contribution in [0.15, 0.2) is 30.3 Å². The third kappa shape index (κ3) is 4.58. The molecule has 0 radical (unpaired) electrons. The van der Waals surface area contributed by atoms with E-state index in [1.807, 2.05) is 51.1 Å². The topological polar surface area (TPSA) is 53.3 Å². The summed E-state index contributed by atoms with van der Waals surface area (Å²) in [5.74, 6) is 0. The van der Waals surface area contributed by atoms with Gasteiger partial charge in [-0.1, -0.05) is 37.3 Å². The minimum atomic E-state index is -0.365. The van der Waals surface area contributed by atoms with Crippen LogP contribution in [0.25, 0.3) is 0 Å². The molecule has 4 heteroatoms. The summed E-state index contributed by atoms with van der Waals surface area (Å²) in [7, 11) is 0. The van der Waals surface area contributed by atoms with Crippen LogP contribution in [0.5, 0.6) is 0 Å². The van der Waals surface area contributed by atoms with Gasteiger partial charge in [-0.05, 0) is 25.8 Å². The first-order chi connectivity index (χ1) is 9.51. The lowest BCUT2D eigenvalue weighted by Crippen LogP contribution is -2.48. The van der Waals surface area contributed by atoms with Crippen molar-refractivity contribution >= 4 is 6.09 Å². The predicted molar refractivity (Wildman–Crippen MR) is 77.9 cm³/mol. The van der Waals surface area contributed by atoms with Crippen LogP contribution in [-0.2, 0) is 11.3 Å². The van der Waals surface area contributed by atoms with Crippen LogP contribution in [0, 0.1) is 11.3 Å². The van der Waals surface area contributed by atoms with Crippen LogP contribution in [0.3, 0.4) is 0 Å². The Balaban J connectivity index is 2.66. The molecule has 1 rings (SSSR count). The van der Waals surface area contributed by atoms with Crippen molar-refractivity contribution in [3.8, 4) is 6.07 Å². The summed E-state index contributed by atoms with van der Waals surface area (Å²) in [4.78, 5) is 13.9. The minimum absolute atomic E-state index is 0.253. The summed E-state index contributed by atoms with van der Waals surface area (Å²) in [5.41, 5.74) is 0.639. The molecule has 0 saturated heterocycles. The summed E-state index contributed by atoms with van der Waals surface area (Å²) in [6.07, 6.45) is 0.749. The van der Waals surface area contributed by atoms with Gasteiger partial charge in [-0.25, -0.2) is 4.79 Å². The zero-order valence-corrected chi connectivity index (χ0v) is 12.4. The molecular weight excluding hydrogens is 252 g/mol. The Morgan fingerprint density at radius 3 is 2.55 bits per heavy atom. The van der Waals surface area contributed by atoms with Crippen molar-refractivity contribution in [2.24, 2.45) is 0 Å². The zero-order valence-electron chi connectivity index (χ0n) is 12.4. The molecule has 0 bridgehead atoms. The van der Waals surface area contributed by atoms with E-state index < -0.39 is 0 Å². The van der Waals surface area contributed by atoms with Crippen LogP contribution in [0.2, 0.25) is 0 Å². The van der Waals surface area contributed by atoms with Crippen molar-refractivity contribution in [2.45, 2.75) is 45.8 Å². The number of hydrogen-bond donors (Lipinski definition) is 0. The van der Waals surface area contributed by atoms with E-state index in [9.17, 15) is 4.79 Å². The van der Waals surface area contributed by atoms with Gasteiger partial charge in [0.1, 0.15) is 6.61 Å². The van der Waals surface area contributed by atoms with E-state index in [4.69, 9.17) is 10.00 Å². The zero-order chi connectivity index (χ0) is 15.0. The van der Waals surface area contributed by atoms with Crippen molar-refractivity contribution in [1.82, 2.24) is 4.90 Å². The molecule has 0 saturated carbocycles. The summed E-state index contributed by atoms with van der Waals surface area (Å²) in [6.45, 7) is 6.62. The Bertz CT molecular complexity index is 463. The van der Waals surface area contributed by atoms with Crippen molar-refractivity contribution < 1.29 is 9.53 Å². The number of amides is 1. The normalized spacial score (nSPS) is 10.7. The molecule has 0 spiro atoms. The fourth-order valence-corrected chi connectivity index (χ4v) is 1.79. The molecule has 0 heterocycles. The smallest absolute Gasteiger partial charge is 0.410 e. The number of rotatable bonds is 6. The minimum Gasteiger partial charge on any atom is -0.445 e. The van der Waals surface area contributed by atoms with Crippen LogP contribution in [-0.4, -0.2) is 23.1 Å². The third-order valence-electron chi connectivity index (χ3n) is 3.47. The van der Waals surface area contributed by atoms with Gasteiger partial charge in [-0.15, -0.1) is 0 Å². The Kier molecular flexibility index (Phi) is 6.05. The number of carbonyl (C=O) groups excluding carboxylic acids is 1. The Hall–Kier alpha value is -2.02. The van der Waals surface area contributed by atoms with Gasteiger partial charge < -0.3 is 9.64 Å². The molecule has 1 aromatic carbocycles. The molecule has 20 heavy (non-hydrogen) atoms. The highest BCUT2D eigenvalue weighted by Gasteiger charge is 2.30. The maximum atomic E-state index is 12.2. The number of ether oxygens (including phenoxy) is 1. The number of nitriles is 1. The first-order valence-electron chi connectivity index (χ1n) is 6.86. The molecule has 4 nitrogen and oxygen atoms in total. The van der Waals surface area contributed by atoms with Crippen LogP contribution < -0.4 is 0 Å². The maximum absolute atomic E-state index is 12.2. The third-order valence-corrected chi connectivity index (χ3v) is 3.47. The van der Waals surface area contributed by atoms with Gasteiger partial charge in [0.15, 0.2) is 0 Å². The average Bonchev–Trinajstić information content (AvgIpc) is 2.46. The molecule has 108 valence electrons. The molecule has 0 aliphatic heterocycles. The second kappa shape index (κ2) is 7.54. The molecule has 0 atom stereocenters. The summed E-state index contributed by atoms with van der Waals surface area (Å²) < 4.78 is 5.35. The lowest BCUT2D eigenvalue weighted by molar-refractivity contribution is 0.0566. The molecule has 0 unspecified atom stereocenters. The largest absolute Gasteiger partial charge is 0.445 e. The van der Waals surface area contributed by atoms with Gasteiger partial charge in [0.2, 0.25) is 0 Å². The van der Waals surface area contributed by atoms with E-state index in [-0.39, 0.29) is 18.2 Å².